The molecule has 1 aliphatic rings. The highest BCUT2D eigenvalue weighted by atomic mass is 32.2. The van der Waals surface area contributed by atoms with E-state index in [-0.39, 0.29) is 5.41 Å². The summed E-state index contributed by atoms with van der Waals surface area (Å²) in [5.41, 5.74) is -0.387. The van der Waals surface area contributed by atoms with E-state index < -0.39 is 38.6 Å². The van der Waals surface area contributed by atoms with Crippen molar-refractivity contribution >= 4 is 15.9 Å². The van der Waals surface area contributed by atoms with E-state index in [1.54, 1.807) is 0 Å². The van der Waals surface area contributed by atoms with Crippen molar-refractivity contribution in [2.75, 3.05) is 6.54 Å². The van der Waals surface area contributed by atoms with Gasteiger partial charge in [0.05, 0.1) is 16.5 Å². The molecule has 1 atom stereocenters. The van der Waals surface area contributed by atoms with Crippen molar-refractivity contribution in [1.82, 2.24) is 10.0 Å². The molecule has 0 bridgehead atoms. The van der Waals surface area contributed by atoms with Gasteiger partial charge in [0.25, 0.3) is 0 Å². The predicted octanol–water partition coefficient (Wildman–Crippen LogP) is 4.00. The van der Waals surface area contributed by atoms with Gasteiger partial charge in [-0.15, -0.1) is 0 Å². The molecule has 1 fully saturated rings. The van der Waals surface area contributed by atoms with Crippen molar-refractivity contribution < 1.29 is 26.4 Å². The number of hydrogen-bond acceptors (Lipinski definition) is 3. The first-order chi connectivity index (χ1) is 14.6. The molecule has 1 amide bonds. The van der Waals surface area contributed by atoms with E-state index in [9.17, 15) is 26.4 Å². The molecule has 1 saturated carbocycles. The molecule has 2 aromatic rings. The SMILES string of the molecule is C[C@H](NS(=O)(=O)c1ccccc1C(F)(F)F)C(=O)NCC1(c2ccccc2)CCCC1. The summed E-state index contributed by atoms with van der Waals surface area (Å²) < 4.78 is 66.8. The lowest BCUT2D eigenvalue weighted by Crippen LogP contribution is -2.48. The summed E-state index contributed by atoms with van der Waals surface area (Å²) in [6.07, 6.45) is -0.976. The zero-order valence-electron chi connectivity index (χ0n) is 17.1. The second-order valence-corrected chi connectivity index (χ2v) is 9.59. The molecule has 0 unspecified atom stereocenters. The van der Waals surface area contributed by atoms with Crippen LogP contribution in [0, 0.1) is 0 Å². The van der Waals surface area contributed by atoms with E-state index in [1.165, 1.54) is 13.0 Å². The fraction of sp³-hybridized carbons (Fsp3) is 0.409. The summed E-state index contributed by atoms with van der Waals surface area (Å²) in [5.74, 6) is -0.588. The fourth-order valence-corrected chi connectivity index (χ4v) is 5.54. The average molecular weight is 455 g/mol. The Morgan fingerprint density at radius 2 is 1.61 bits per heavy atom. The highest BCUT2D eigenvalue weighted by Crippen LogP contribution is 2.40. The van der Waals surface area contributed by atoms with Gasteiger partial charge in [-0.05, 0) is 37.5 Å². The van der Waals surface area contributed by atoms with Crippen molar-refractivity contribution in [3.05, 3.63) is 65.7 Å². The summed E-state index contributed by atoms with van der Waals surface area (Å²) in [4.78, 5) is 11.7. The Hall–Kier alpha value is -2.39. The normalized spacial score (nSPS) is 17.3. The molecule has 1 aliphatic carbocycles. The molecule has 0 aromatic heterocycles. The molecular formula is C22H25F3N2O3S. The first-order valence-corrected chi connectivity index (χ1v) is 11.6. The van der Waals surface area contributed by atoms with Crippen LogP contribution in [-0.4, -0.2) is 26.9 Å². The molecule has 0 radical (unpaired) electrons. The lowest BCUT2D eigenvalue weighted by atomic mass is 9.79. The van der Waals surface area contributed by atoms with Crippen molar-refractivity contribution in [2.45, 2.75) is 55.1 Å². The first kappa shape index (κ1) is 23.3. The zero-order valence-corrected chi connectivity index (χ0v) is 17.9. The molecule has 31 heavy (non-hydrogen) atoms. The molecule has 0 spiro atoms. The van der Waals surface area contributed by atoms with Gasteiger partial charge < -0.3 is 5.32 Å². The van der Waals surface area contributed by atoms with Gasteiger partial charge in [-0.3, -0.25) is 4.79 Å². The van der Waals surface area contributed by atoms with Crippen LogP contribution in [0.2, 0.25) is 0 Å². The van der Waals surface area contributed by atoms with Gasteiger partial charge in [0, 0.05) is 12.0 Å². The van der Waals surface area contributed by atoms with E-state index in [0.717, 1.165) is 43.4 Å². The number of benzene rings is 2. The van der Waals surface area contributed by atoms with Crippen molar-refractivity contribution in [2.24, 2.45) is 0 Å². The Balaban J connectivity index is 1.71. The largest absolute Gasteiger partial charge is 0.417 e. The third-order valence-corrected chi connectivity index (χ3v) is 7.35. The molecule has 0 heterocycles. The van der Waals surface area contributed by atoms with Crippen LogP contribution in [0.1, 0.15) is 43.7 Å². The highest BCUT2D eigenvalue weighted by Gasteiger charge is 2.38. The number of carbonyl (C=O) groups excluding carboxylic acids is 1. The molecule has 3 rings (SSSR count). The highest BCUT2D eigenvalue weighted by molar-refractivity contribution is 7.89. The minimum absolute atomic E-state index is 0.224. The van der Waals surface area contributed by atoms with Crippen LogP contribution in [0.5, 0.6) is 0 Å². The quantitative estimate of drug-likeness (QED) is 0.664. The number of halogens is 3. The second kappa shape index (κ2) is 9.00. The van der Waals surface area contributed by atoms with Gasteiger partial charge in [0.2, 0.25) is 15.9 Å². The number of amides is 1. The Morgan fingerprint density at radius 1 is 1.03 bits per heavy atom. The smallest absolute Gasteiger partial charge is 0.354 e. The van der Waals surface area contributed by atoms with Gasteiger partial charge in [-0.1, -0.05) is 55.3 Å². The Labute approximate surface area is 180 Å². The lowest BCUT2D eigenvalue weighted by Gasteiger charge is -2.30. The Bertz CT molecular complexity index is 1020. The van der Waals surface area contributed by atoms with Gasteiger partial charge in [0.15, 0.2) is 0 Å². The van der Waals surface area contributed by atoms with Crippen LogP contribution < -0.4 is 10.0 Å². The summed E-state index contributed by atoms with van der Waals surface area (Å²) >= 11 is 0. The third-order valence-electron chi connectivity index (χ3n) is 5.76. The minimum Gasteiger partial charge on any atom is -0.354 e. The maximum Gasteiger partial charge on any atom is 0.417 e. The fourth-order valence-electron chi connectivity index (χ4n) is 4.11. The topological polar surface area (TPSA) is 75.3 Å². The lowest BCUT2D eigenvalue weighted by molar-refractivity contribution is -0.139. The first-order valence-electron chi connectivity index (χ1n) is 10.1. The monoisotopic (exact) mass is 454 g/mol. The van der Waals surface area contributed by atoms with Crippen molar-refractivity contribution in [3.8, 4) is 0 Å². The molecule has 168 valence electrons. The van der Waals surface area contributed by atoms with Crippen molar-refractivity contribution in [3.63, 3.8) is 0 Å². The Morgan fingerprint density at radius 3 is 2.23 bits per heavy atom. The van der Waals surface area contributed by atoms with Gasteiger partial charge >= 0.3 is 6.18 Å². The van der Waals surface area contributed by atoms with Crippen LogP contribution >= 0.6 is 0 Å². The number of carbonyl (C=O) groups is 1. The van der Waals surface area contributed by atoms with Crippen LogP contribution in [0.15, 0.2) is 59.5 Å². The summed E-state index contributed by atoms with van der Waals surface area (Å²) in [6.45, 7) is 1.65. The van der Waals surface area contributed by atoms with Crippen LogP contribution in [0.3, 0.4) is 0 Å². The van der Waals surface area contributed by atoms with E-state index >= 15 is 0 Å². The van der Waals surface area contributed by atoms with E-state index in [0.29, 0.717) is 12.6 Å². The maximum atomic E-state index is 13.2. The van der Waals surface area contributed by atoms with Crippen LogP contribution in [-0.2, 0) is 26.4 Å². The molecular weight excluding hydrogens is 429 g/mol. The van der Waals surface area contributed by atoms with E-state index in [2.05, 4.69) is 10.0 Å². The second-order valence-electron chi connectivity index (χ2n) is 7.91. The standard InChI is InChI=1S/C22H25F3N2O3S/c1-16(27-31(29,30)19-12-6-5-11-18(19)22(23,24)25)20(28)26-15-21(13-7-8-14-21)17-9-3-2-4-10-17/h2-6,9-12,16,27H,7-8,13-15H2,1H3,(H,26,28)/t16-/m0/s1. The molecule has 2 aromatic carbocycles. The summed E-state index contributed by atoms with van der Waals surface area (Å²) in [6, 6.07) is 12.5. The number of alkyl halides is 3. The van der Waals surface area contributed by atoms with Gasteiger partial charge in [-0.2, -0.15) is 17.9 Å². The van der Waals surface area contributed by atoms with Crippen LogP contribution in [0.4, 0.5) is 13.2 Å². The number of hydrogen-bond donors (Lipinski definition) is 2. The zero-order chi connectivity index (χ0) is 22.7. The van der Waals surface area contributed by atoms with Crippen molar-refractivity contribution in [1.29, 1.82) is 0 Å². The molecule has 2 N–H and O–H groups in total. The van der Waals surface area contributed by atoms with Crippen LogP contribution in [0.25, 0.3) is 0 Å². The minimum atomic E-state index is -4.83. The summed E-state index contributed by atoms with van der Waals surface area (Å²) in [5, 5.41) is 2.79. The maximum absolute atomic E-state index is 13.2. The van der Waals surface area contributed by atoms with E-state index in [4.69, 9.17) is 0 Å². The third kappa shape index (κ3) is 5.27. The number of sulfonamides is 1. The molecule has 5 nitrogen and oxygen atoms in total. The summed E-state index contributed by atoms with van der Waals surface area (Å²) in [7, 11) is -4.55. The number of nitrogens with one attached hydrogen (secondary N) is 2. The predicted molar refractivity (Wildman–Crippen MR) is 111 cm³/mol. The molecule has 0 aliphatic heterocycles. The average Bonchev–Trinajstić information content (AvgIpc) is 3.22. The van der Waals surface area contributed by atoms with Gasteiger partial charge in [-0.25, -0.2) is 8.42 Å². The number of rotatable bonds is 7. The molecule has 0 saturated heterocycles. The van der Waals surface area contributed by atoms with Gasteiger partial charge in [0.1, 0.15) is 0 Å². The van der Waals surface area contributed by atoms with E-state index in [1.807, 2.05) is 30.3 Å². The Kier molecular flexibility index (Phi) is 6.76. The molecule has 9 heteroatoms.